The molecule has 1 saturated heterocycles. The zero-order valence-corrected chi connectivity index (χ0v) is 14.3. The normalized spacial score (nSPS) is 17.9. The molecule has 1 fully saturated rings. The third-order valence-corrected chi connectivity index (χ3v) is 4.25. The predicted molar refractivity (Wildman–Crippen MR) is 85.0 cm³/mol. The Kier molecular flexibility index (Phi) is 6.79. The van der Waals surface area contributed by atoms with Crippen LogP contribution < -0.4 is 0 Å². The molecule has 22 heavy (non-hydrogen) atoms. The first-order valence-electron chi connectivity index (χ1n) is 7.43. The van der Waals surface area contributed by atoms with Gasteiger partial charge in [0.2, 0.25) is 0 Å². The minimum atomic E-state index is -0.256. The van der Waals surface area contributed by atoms with Gasteiger partial charge in [0.05, 0.1) is 19.6 Å². The zero-order chi connectivity index (χ0) is 15.9. The topological polar surface area (TPSA) is 38.8 Å². The summed E-state index contributed by atoms with van der Waals surface area (Å²) in [6.07, 6.45) is 2.53. The van der Waals surface area contributed by atoms with E-state index in [1.807, 2.05) is 6.07 Å². The van der Waals surface area contributed by atoms with Gasteiger partial charge in [0.25, 0.3) is 0 Å². The number of hydrogen-bond acceptors (Lipinski definition) is 4. The molecule has 0 bridgehead atoms. The van der Waals surface area contributed by atoms with Crippen LogP contribution in [0.25, 0.3) is 0 Å². The molecule has 1 aliphatic rings. The second kappa shape index (κ2) is 8.60. The number of ether oxygens (including phenoxy) is 2. The van der Waals surface area contributed by atoms with Gasteiger partial charge in [-0.1, -0.05) is 22.0 Å². The standard InChI is InChI=1S/C16H21BrFNO3/c1-21-16(20)6-7-19(11-14-3-2-8-22-14)10-12-4-5-13(17)9-15(12)18/h4-5,9,14H,2-3,6-8,10-11H2,1H3. The number of nitrogens with zero attached hydrogens (tertiary/aromatic N) is 1. The Hall–Kier alpha value is -0.980. The van der Waals surface area contributed by atoms with E-state index in [0.717, 1.165) is 19.4 Å². The fraction of sp³-hybridized carbons (Fsp3) is 0.562. The van der Waals surface area contributed by atoms with Gasteiger partial charge >= 0.3 is 5.97 Å². The van der Waals surface area contributed by atoms with E-state index in [0.29, 0.717) is 36.1 Å². The number of methoxy groups -OCH3 is 1. The molecule has 0 spiro atoms. The van der Waals surface area contributed by atoms with Crippen molar-refractivity contribution in [3.05, 3.63) is 34.1 Å². The summed E-state index contributed by atoms with van der Waals surface area (Å²) in [5, 5.41) is 0. The van der Waals surface area contributed by atoms with Crippen LogP contribution >= 0.6 is 15.9 Å². The monoisotopic (exact) mass is 373 g/mol. The maximum Gasteiger partial charge on any atom is 0.306 e. The first kappa shape index (κ1) is 17.4. The van der Waals surface area contributed by atoms with Gasteiger partial charge in [-0.2, -0.15) is 0 Å². The fourth-order valence-corrected chi connectivity index (χ4v) is 2.89. The average molecular weight is 374 g/mol. The Balaban J connectivity index is 1.99. The molecule has 122 valence electrons. The second-order valence-corrected chi connectivity index (χ2v) is 6.35. The predicted octanol–water partition coefficient (Wildman–Crippen LogP) is 3.13. The largest absolute Gasteiger partial charge is 0.469 e. The lowest BCUT2D eigenvalue weighted by atomic mass is 10.1. The molecule has 6 heteroatoms. The Bertz CT molecular complexity index is 506. The van der Waals surface area contributed by atoms with Crippen LogP contribution in [0.1, 0.15) is 24.8 Å². The van der Waals surface area contributed by atoms with Crippen LogP contribution in [0.5, 0.6) is 0 Å². The van der Waals surface area contributed by atoms with Crippen LogP contribution in [0.2, 0.25) is 0 Å². The maximum absolute atomic E-state index is 14.0. The number of rotatable bonds is 7. The molecule has 1 aromatic rings. The lowest BCUT2D eigenvalue weighted by Gasteiger charge is -2.25. The molecule has 4 nitrogen and oxygen atoms in total. The molecule has 0 aromatic heterocycles. The van der Waals surface area contributed by atoms with Gasteiger partial charge in [0.1, 0.15) is 5.82 Å². The van der Waals surface area contributed by atoms with Crippen LogP contribution in [-0.4, -0.2) is 43.8 Å². The first-order chi connectivity index (χ1) is 10.6. The highest BCUT2D eigenvalue weighted by molar-refractivity contribution is 9.10. The number of esters is 1. The van der Waals surface area contributed by atoms with Gasteiger partial charge in [0.15, 0.2) is 0 Å². The average Bonchev–Trinajstić information content (AvgIpc) is 3.00. The van der Waals surface area contributed by atoms with Crippen molar-refractivity contribution in [3.8, 4) is 0 Å². The molecular weight excluding hydrogens is 353 g/mol. The highest BCUT2D eigenvalue weighted by atomic mass is 79.9. The molecule has 1 heterocycles. The summed E-state index contributed by atoms with van der Waals surface area (Å²) in [5.74, 6) is -0.501. The second-order valence-electron chi connectivity index (χ2n) is 5.43. The Morgan fingerprint density at radius 1 is 1.55 bits per heavy atom. The van der Waals surface area contributed by atoms with E-state index in [9.17, 15) is 9.18 Å². The molecule has 0 saturated carbocycles. The van der Waals surface area contributed by atoms with Crippen LogP contribution in [0, 0.1) is 5.82 Å². The van der Waals surface area contributed by atoms with Crippen LogP contribution in [0.4, 0.5) is 4.39 Å². The van der Waals surface area contributed by atoms with Crippen molar-refractivity contribution < 1.29 is 18.7 Å². The van der Waals surface area contributed by atoms with Crippen molar-refractivity contribution in [3.63, 3.8) is 0 Å². The molecule has 0 amide bonds. The van der Waals surface area contributed by atoms with E-state index >= 15 is 0 Å². The third kappa shape index (κ3) is 5.34. The van der Waals surface area contributed by atoms with Crippen molar-refractivity contribution in [2.24, 2.45) is 0 Å². The van der Waals surface area contributed by atoms with Crippen molar-refractivity contribution in [1.82, 2.24) is 4.90 Å². The summed E-state index contributed by atoms with van der Waals surface area (Å²) in [4.78, 5) is 13.4. The van der Waals surface area contributed by atoms with E-state index < -0.39 is 0 Å². The van der Waals surface area contributed by atoms with Crippen molar-refractivity contribution in [1.29, 1.82) is 0 Å². The molecule has 1 atom stereocenters. The highest BCUT2D eigenvalue weighted by Gasteiger charge is 2.20. The summed E-state index contributed by atoms with van der Waals surface area (Å²) < 4.78 is 25.1. The van der Waals surface area contributed by atoms with Crippen molar-refractivity contribution in [2.75, 3.05) is 26.8 Å². The number of benzene rings is 1. The van der Waals surface area contributed by atoms with E-state index in [1.54, 1.807) is 6.07 Å². The van der Waals surface area contributed by atoms with Crippen LogP contribution in [0.15, 0.2) is 22.7 Å². The lowest BCUT2D eigenvalue weighted by molar-refractivity contribution is -0.141. The summed E-state index contributed by atoms with van der Waals surface area (Å²) in [6, 6.07) is 5.04. The number of carbonyl (C=O) groups excluding carboxylic acids is 1. The molecule has 1 aliphatic heterocycles. The first-order valence-corrected chi connectivity index (χ1v) is 8.22. The van der Waals surface area contributed by atoms with E-state index in [1.165, 1.54) is 13.2 Å². The highest BCUT2D eigenvalue weighted by Crippen LogP contribution is 2.19. The van der Waals surface area contributed by atoms with E-state index in [-0.39, 0.29) is 17.9 Å². The summed E-state index contributed by atoms with van der Waals surface area (Å²) >= 11 is 3.26. The summed E-state index contributed by atoms with van der Waals surface area (Å²) in [7, 11) is 1.38. The summed E-state index contributed by atoms with van der Waals surface area (Å²) in [6.45, 7) is 2.46. The van der Waals surface area contributed by atoms with Crippen LogP contribution in [0.3, 0.4) is 0 Å². The van der Waals surface area contributed by atoms with Gasteiger partial charge < -0.3 is 9.47 Å². The molecular formula is C16H21BrFNO3. The number of hydrogen-bond donors (Lipinski definition) is 0. The van der Waals surface area contributed by atoms with Gasteiger partial charge in [-0.3, -0.25) is 9.69 Å². The van der Waals surface area contributed by atoms with Gasteiger partial charge in [0, 0.05) is 36.3 Å². The minimum absolute atomic E-state index is 0.163. The minimum Gasteiger partial charge on any atom is -0.469 e. The fourth-order valence-electron chi connectivity index (χ4n) is 2.55. The molecule has 0 radical (unpaired) electrons. The number of carbonyl (C=O) groups is 1. The van der Waals surface area contributed by atoms with E-state index in [4.69, 9.17) is 4.74 Å². The molecule has 0 N–H and O–H groups in total. The number of halogens is 2. The molecule has 1 aromatic carbocycles. The smallest absolute Gasteiger partial charge is 0.306 e. The Morgan fingerprint density at radius 2 is 2.36 bits per heavy atom. The molecule has 2 rings (SSSR count). The van der Waals surface area contributed by atoms with Gasteiger partial charge in [-0.15, -0.1) is 0 Å². The Morgan fingerprint density at radius 3 is 3.00 bits per heavy atom. The zero-order valence-electron chi connectivity index (χ0n) is 12.7. The maximum atomic E-state index is 14.0. The van der Waals surface area contributed by atoms with Crippen molar-refractivity contribution >= 4 is 21.9 Å². The Labute approximate surface area is 138 Å². The van der Waals surface area contributed by atoms with Crippen LogP contribution in [-0.2, 0) is 20.8 Å². The summed E-state index contributed by atoms with van der Waals surface area (Å²) in [5.41, 5.74) is 0.617. The lowest BCUT2D eigenvalue weighted by Crippen LogP contribution is -2.34. The van der Waals surface area contributed by atoms with E-state index in [2.05, 4.69) is 25.6 Å². The van der Waals surface area contributed by atoms with Gasteiger partial charge in [-0.25, -0.2) is 4.39 Å². The van der Waals surface area contributed by atoms with Gasteiger partial charge in [-0.05, 0) is 25.0 Å². The van der Waals surface area contributed by atoms with Crippen molar-refractivity contribution in [2.45, 2.75) is 31.9 Å². The SMILES string of the molecule is COC(=O)CCN(Cc1ccc(Br)cc1F)CC1CCCO1. The third-order valence-electron chi connectivity index (χ3n) is 3.75. The quantitative estimate of drug-likeness (QED) is 0.688. The molecule has 0 aliphatic carbocycles. The molecule has 1 unspecified atom stereocenters.